The normalized spacial score (nSPS) is 10.0. The summed E-state index contributed by atoms with van der Waals surface area (Å²) in [4.78, 5) is 22.2. The summed E-state index contributed by atoms with van der Waals surface area (Å²) in [5.41, 5.74) is -0.0418. The highest BCUT2D eigenvalue weighted by Gasteiger charge is 2.13. The van der Waals surface area contributed by atoms with Gasteiger partial charge in [0.05, 0.1) is 0 Å². The number of amides is 1. The number of aromatic nitrogens is 4. The summed E-state index contributed by atoms with van der Waals surface area (Å²) >= 11 is 0. The number of nitrogens with one attached hydrogen (secondary N) is 2. The number of carboxylic acids is 1. The lowest BCUT2D eigenvalue weighted by Crippen LogP contribution is -2.14. The predicted octanol–water partition coefficient (Wildman–Crippen LogP) is -0.144. The van der Waals surface area contributed by atoms with E-state index in [1.165, 1.54) is 12.1 Å². The number of tetrazole rings is 1. The summed E-state index contributed by atoms with van der Waals surface area (Å²) in [6.45, 7) is 0. The van der Waals surface area contributed by atoms with Gasteiger partial charge >= 0.3 is 5.97 Å². The van der Waals surface area contributed by atoms with E-state index in [9.17, 15) is 14.7 Å². The first kappa shape index (κ1) is 11.5. The second kappa shape index (κ2) is 4.49. The molecule has 9 nitrogen and oxygen atoms in total. The zero-order valence-electron chi connectivity index (χ0n) is 8.78. The number of benzene rings is 1. The number of anilines is 1. The molecule has 1 aromatic heterocycles. The third kappa shape index (κ3) is 2.24. The summed E-state index contributed by atoms with van der Waals surface area (Å²) in [7, 11) is 0. The quantitative estimate of drug-likeness (QED) is 0.592. The number of aromatic hydroxyl groups is 1. The van der Waals surface area contributed by atoms with Crippen LogP contribution in [0.2, 0.25) is 0 Å². The maximum absolute atomic E-state index is 11.5. The van der Waals surface area contributed by atoms with Crippen LogP contribution in [0, 0.1) is 0 Å². The standard InChI is InChI=1S/C9H7N5O4/c15-6-3-4(1-2-5(6)9(17)18)10-8(16)7-11-13-14-12-7/h1-3,15H,(H,10,16)(H,17,18)(H,11,12,13,14). The van der Waals surface area contributed by atoms with Gasteiger partial charge in [-0.15, -0.1) is 10.2 Å². The molecule has 18 heavy (non-hydrogen) atoms. The number of H-pyrrole nitrogens is 1. The molecule has 92 valence electrons. The number of carbonyl (C=O) groups excluding carboxylic acids is 1. The molecule has 2 rings (SSSR count). The third-order valence-electron chi connectivity index (χ3n) is 2.03. The van der Waals surface area contributed by atoms with Gasteiger partial charge in [0, 0.05) is 11.8 Å². The van der Waals surface area contributed by atoms with Crippen LogP contribution in [0.3, 0.4) is 0 Å². The van der Waals surface area contributed by atoms with Crippen LogP contribution in [0.25, 0.3) is 0 Å². The molecule has 0 bridgehead atoms. The van der Waals surface area contributed by atoms with E-state index in [4.69, 9.17) is 5.11 Å². The van der Waals surface area contributed by atoms with Crippen molar-refractivity contribution in [2.24, 2.45) is 0 Å². The van der Waals surface area contributed by atoms with Crippen LogP contribution in [-0.4, -0.2) is 42.7 Å². The maximum atomic E-state index is 11.5. The van der Waals surface area contributed by atoms with Gasteiger partial charge in [-0.25, -0.2) is 4.79 Å². The van der Waals surface area contributed by atoms with Gasteiger partial charge < -0.3 is 15.5 Å². The summed E-state index contributed by atoms with van der Waals surface area (Å²) in [5, 5.41) is 32.8. The summed E-state index contributed by atoms with van der Waals surface area (Å²) in [6, 6.07) is 3.62. The molecule has 1 aromatic carbocycles. The fourth-order valence-corrected chi connectivity index (χ4v) is 1.24. The molecule has 0 aliphatic heterocycles. The molecular weight excluding hydrogens is 242 g/mol. The summed E-state index contributed by atoms with van der Waals surface area (Å²) < 4.78 is 0. The molecule has 9 heteroatoms. The average Bonchev–Trinajstić information content (AvgIpc) is 2.81. The highest BCUT2D eigenvalue weighted by Crippen LogP contribution is 2.22. The molecule has 1 heterocycles. The topological polar surface area (TPSA) is 141 Å². The molecule has 2 aromatic rings. The lowest BCUT2D eigenvalue weighted by molar-refractivity contribution is 0.0693. The van der Waals surface area contributed by atoms with E-state index in [-0.39, 0.29) is 17.1 Å². The van der Waals surface area contributed by atoms with Crippen molar-refractivity contribution in [3.8, 4) is 5.75 Å². The van der Waals surface area contributed by atoms with E-state index < -0.39 is 17.6 Å². The fourth-order valence-electron chi connectivity index (χ4n) is 1.24. The first-order valence-corrected chi connectivity index (χ1v) is 4.69. The number of carbonyl (C=O) groups is 2. The molecule has 0 saturated carbocycles. The molecule has 0 aliphatic carbocycles. The number of aromatic amines is 1. The molecule has 0 radical (unpaired) electrons. The van der Waals surface area contributed by atoms with Crippen molar-refractivity contribution in [1.82, 2.24) is 20.6 Å². The molecule has 0 fully saturated rings. The molecule has 0 saturated heterocycles. The predicted molar refractivity (Wildman–Crippen MR) is 57.2 cm³/mol. The zero-order valence-corrected chi connectivity index (χ0v) is 8.78. The van der Waals surface area contributed by atoms with Crippen molar-refractivity contribution in [1.29, 1.82) is 0 Å². The Kier molecular flexibility index (Phi) is 2.87. The van der Waals surface area contributed by atoms with E-state index in [1.54, 1.807) is 0 Å². The maximum Gasteiger partial charge on any atom is 0.339 e. The first-order valence-electron chi connectivity index (χ1n) is 4.69. The van der Waals surface area contributed by atoms with Gasteiger partial charge in [-0.1, -0.05) is 0 Å². The SMILES string of the molecule is O=C(Nc1ccc(C(=O)O)c(O)c1)c1nn[nH]n1. The number of hydrogen-bond donors (Lipinski definition) is 4. The first-order chi connectivity index (χ1) is 8.58. The van der Waals surface area contributed by atoms with Gasteiger partial charge in [-0.2, -0.15) is 5.21 Å². The monoisotopic (exact) mass is 249 g/mol. The Morgan fingerprint density at radius 1 is 1.33 bits per heavy atom. The van der Waals surface area contributed by atoms with Crippen molar-refractivity contribution in [3.63, 3.8) is 0 Å². The van der Waals surface area contributed by atoms with Gasteiger partial charge in [0.25, 0.3) is 11.7 Å². The van der Waals surface area contributed by atoms with Crippen LogP contribution in [-0.2, 0) is 0 Å². The smallest absolute Gasteiger partial charge is 0.339 e. The van der Waals surface area contributed by atoms with Crippen molar-refractivity contribution in [2.75, 3.05) is 5.32 Å². The highest BCUT2D eigenvalue weighted by molar-refractivity contribution is 6.02. The van der Waals surface area contributed by atoms with E-state index in [0.717, 1.165) is 6.07 Å². The van der Waals surface area contributed by atoms with Crippen LogP contribution >= 0.6 is 0 Å². The second-order valence-electron chi connectivity index (χ2n) is 3.23. The number of rotatable bonds is 3. The van der Waals surface area contributed by atoms with E-state index in [0.29, 0.717) is 0 Å². The van der Waals surface area contributed by atoms with E-state index in [1.807, 2.05) is 0 Å². The van der Waals surface area contributed by atoms with Gasteiger partial charge in [0.1, 0.15) is 11.3 Å². The Hall–Kier alpha value is -2.97. The number of aromatic carboxylic acids is 1. The fraction of sp³-hybridized carbons (Fsp3) is 0. The Morgan fingerprint density at radius 3 is 2.67 bits per heavy atom. The number of phenols is 1. The van der Waals surface area contributed by atoms with Crippen LogP contribution in [0.15, 0.2) is 18.2 Å². The van der Waals surface area contributed by atoms with Crippen molar-refractivity contribution < 1.29 is 19.8 Å². The minimum Gasteiger partial charge on any atom is -0.507 e. The molecule has 1 amide bonds. The Bertz CT molecular complexity index is 595. The highest BCUT2D eigenvalue weighted by atomic mass is 16.4. The van der Waals surface area contributed by atoms with Gasteiger partial charge in [0.15, 0.2) is 0 Å². The molecule has 0 atom stereocenters. The van der Waals surface area contributed by atoms with Crippen molar-refractivity contribution in [2.45, 2.75) is 0 Å². The van der Waals surface area contributed by atoms with Crippen LogP contribution in [0.4, 0.5) is 5.69 Å². The number of nitrogens with zero attached hydrogens (tertiary/aromatic N) is 3. The minimum atomic E-state index is -1.26. The molecule has 0 unspecified atom stereocenters. The lowest BCUT2D eigenvalue weighted by atomic mass is 10.2. The average molecular weight is 249 g/mol. The van der Waals surface area contributed by atoms with E-state index >= 15 is 0 Å². The molecule has 4 N–H and O–H groups in total. The largest absolute Gasteiger partial charge is 0.507 e. The zero-order chi connectivity index (χ0) is 13.1. The lowest BCUT2D eigenvalue weighted by Gasteiger charge is -2.04. The van der Waals surface area contributed by atoms with Gasteiger partial charge in [-0.05, 0) is 17.3 Å². The summed E-state index contributed by atoms with van der Waals surface area (Å²) in [6.07, 6.45) is 0. The van der Waals surface area contributed by atoms with E-state index in [2.05, 4.69) is 25.9 Å². The van der Waals surface area contributed by atoms with Crippen molar-refractivity contribution >= 4 is 17.6 Å². The number of hydrogen-bond acceptors (Lipinski definition) is 6. The third-order valence-corrected chi connectivity index (χ3v) is 2.03. The van der Waals surface area contributed by atoms with Gasteiger partial charge in [0.2, 0.25) is 0 Å². The van der Waals surface area contributed by atoms with Crippen LogP contribution in [0.5, 0.6) is 5.75 Å². The summed E-state index contributed by atoms with van der Waals surface area (Å²) in [5.74, 6) is -2.51. The van der Waals surface area contributed by atoms with Crippen LogP contribution in [0.1, 0.15) is 21.0 Å². The molecule has 0 spiro atoms. The Balaban J connectivity index is 2.18. The van der Waals surface area contributed by atoms with Gasteiger partial charge in [-0.3, -0.25) is 4.79 Å². The Morgan fingerprint density at radius 2 is 2.11 bits per heavy atom. The minimum absolute atomic E-state index is 0.170. The second-order valence-corrected chi connectivity index (χ2v) is 3.23. The number of carboxylic acid groups (broad SMARTS) is 1. The Labute approximate surface area is 99.5 Å². The van der Waals surface area contributed by atoms with Crippen LogP contribution < -0.4 is 5.32 Å². The van der Waals surface area contributed by atoms with Crippen molar-refractivity contribution in [3.05, 3.63) is 29.6 Å². The molecule has 0 aliphatic rings. The molecular formula is C9H7N5O4.